The van der Waals surface area contributed by atoms with Crippen molar-refractivity contribution >= 4 is 35.2 Å². The molecule has 1 spiro atoms. The summed E-state index contributed by atoms with van der Waals surface area (Å²) < 4.78 is -0.730. The Hall–Kier alpha value is -2.58. The summed E-state index contributed by atoms with van der Waals surface area (Å²) in [6.07, 6.45) is 4.69. The molecule has 3 fully saturated rings. The number of hydrogen-bond donors (Lipinski definition) is 1. The summed E-state index contributed by atoms with van der Waals surface area (Å²) in [5.41, 5.74) is 0.765. The van der Waals surface area contributed by atoms with Gasteiger partial charge in [-0.05, 0) is 44.7 Å². The molecule has 206 valence electrons. The normalized spacial score (nSPS) is 30.3. The van der Waals surface area contributed by atoms with Crippen LogP contribution in [0.5, 0.6) is 0 Å². The van der Waals surface area contributed by atoms with Crippen LogP contribution in [0.2, 0.25) is 0 Å². The van der Waals surface area contributed by atoms with Crippen molar-refractivity contribution in [2.24, 2.45) is 17.8 Å². The highest BCUT2D eigenvalue weighted by molar-refractivity contribution is 8.02. The highest BCUT2D eigenvalue weighted by atomic mass is 32.2. The highest BCUT2D eigenvalue weighted by Crippen LogP contribution is 2.69. The van der Waals surface area contributed by atoms with Crippen molar-refractivity contribution in [1.29, 1.82) is 0 Å². The number of para-hydroxylation sites is 1. The molecular formula is C30H41N3O4S. The number of fused-ring (bicyclic) bond motifs is 1. The number of rotatable bonds is 11. The number of anilines is 1. The van der Waals surface area contributed by atoms with Crippen LogP contribution in [-0.4, -0.2) is 80.4 Å². The fourth-order valence-electron chi connectivity index (χ4n) is 6.92. The van der Waals surface area contributed by atoms with E-state index in [1.54, 1.807) is 38.6 Å². The monoisotopic (exact) mass is 539 g/mol. The van der Waals surface area contributed by atoms with Gasteiger partial charge in [0.05, 0.1) is 29.2 Å². The number of carbonyl (C=O) groups excluding carboxylic acids is 3. The molecule has 2 bridgehead atoms. The third kappa shape index (κ3) is 4.30. The number of hydrogen-bond acceptors (Lipinski definition) is 5. The van der Waals surface area contributed by atoms with Gasteiger partial charge in [-0.25, -0.2) is 0 Å². The van der Waals surface area contributed by atoms with E-state index in [2.05, 4.69) is 20.1 Å². The van der Waals surface area contributed by atoms with E-state index in [1.807, 2.05) is 51.1 Å². The first-order chi connectivity index (χ1) is 18.2. The van der Waals surface area contributed by atoms with E-state index in [-0.39, 0.29) is 41.5 Å². The van der Waals surface area contributed by atoms with Crippen LogP contribution in [0.15, 0.2) is 55.6 Å². The van der Waals surface area contributed by atoms with E-state index in [0.717, 1.165) is 12.1 Å². The number of thioether (sulfide) groups is 1. The Bertz CT molecular complexity index is 1070. The van der Waals surface area contributed by atoms with Crippen LogP contribution >= 0.6 is 11.8 Å². The maximum absolute atomic E-state index is 14.4. The second kappa shape index (κ2) is 11.3. The third-order valence-electron chi connectivity index (χ3n) is 8.66. The molecule has 3 aliphatic heterocycles. The SMILES string of the molecule is C=CCN(C(=O)[C@@H]1[C@H]2C(=O)N([C@@H](CC)CO)C(C(=O)N(CC=C)C(C)C)C23S[C@@H]1CC3C)c1ccccc1. The lowest BCUT2D eigenvalue weighted by Crippen LogP contribution is -2.60. The summed E-state index contributed by atoms with van der Waals surface area (Å²) in [7, 11) is 0. The first kappa shape index (κ1) is 28.4. The molecule has 0 saturated carbocycles. The smallest absolute Gasteiger partial charge is 0.247 e. The van der Waals surface area contributed by atoms with Gasteiger partial charge < -0.3 is 19.8 Å². The number of aliphatic hydroxyl groups excluding tert-OH is 1. The van der Waals surface area contributed by atoms with Crippen molar-refractivity contribution in [1.82, 2.24) is 9.80 Å². The topological polar surface area (TPSA) is 81.2 Å². The number of benzene rings is 1. The summed E-state index contributed by atoms with van der Waals surface area (Å²) >= 11 is 1.66. The molecule has 3 aliphatic rings. The Kier molecular flexibility index (Phi) is 8.43. The molecule has 38 heavy (non-hydrogen) atoms. The minimum Gasteiger partial charge on any atom is -0.394 e. The molecule has 3 saturated heterocycles. The number of nitrogens with zero attached hydrogens (tertiary/aromatic N) is 3. The quantitative estimate of drug-likeness (QED) is 0.434. The summed E-state index contributed by atoms with van der Waals surface area (Å²) in [5.74, 6) is -1.52. The van der Waals surface area contributed by atoms with Crippen LogP contribution in [-0.2, 0) is 14.4 Å². The molecule has 7 atom stereocenters. The van der Waals surface area contributed by atoms with Crippen LogP contribution in [0, 0.1) is 17.8 Å². The van der Waals surface area contributed by atoms with Crippen LogP contribution < -0.4 is 4.90 Å². The van der Waals surface area contributed by atoms with Crippen LogP contribution in [0.25, 0.3) is 0 Å². The van der Waals surface area contributed by atoms with Gasteiger partial charge in [0.2, 0.25) is 17.7 Å². The van der Waals surface area contributed by atoms with Crippen molar-refractivity contribution < 1.29 is 19.5 Å². The second-order valence-electron chi connectivity index (χ2n) is 11.0. The summed E-state index contributed by atoms with van der Waals surface area (Å²) in [6.45, 7) is 16.1. The lowest BCUT2D eigenvalue weighted by Gasteiger charge is -2.43. The molecule has 3 unspecified atom stereocenters. The number of amides is 3. The highest BCUT2D eigenvalue weighted by Gasteiger charge is 2.77. The van der Waals surface area contributed by atoms with Gasteiger partial charge in [-0.3, -0.25) is 14.4 Å². The van der Waals surface area contributed by atoms with Crippen molar-refractivity contribution in [3.63, 3.8) is 0 Å². The van der Waals surface area contributed by atoms with Gasteiger partial charge in [0, 0.05) is 30.1 Å². The van der Waals surface area contributed by atoms with Gasteiger partial charge >= 0.3 is 0 Å². The van der Waals surface area contributed by atoms with E-state index in [9.17, 15) is 19.5 Å². The maximum atomic E-state index is 14.4. The average molecular weight is 540 g/mol. The Labute approximate surface area is 230 Å². The molecule has 0 radical (unpaired) electrons. The first-order valence-corrected chi connectivity index (χ1v) is 14.6. The zero-order valence-corrected chi connectivity index (χ0v) is 23.8. The molecule has 1 N–H and O–H groups in total. The predicted octanol–water partition coefficient (Wildman–Crippen LogP) is 3.74. The van der Waals surface area contributed by atoms with Crippen molar-refractivity contribution in [3.05, 3.63) is 55.6 Å². The predicted molar refractivity (Wildman–Crippen MR) is 153 cm³/mol. The van der Waals surface area contributed by atoms with Gasteiger partial charge in [0.15, 0.2) is 0 Å². The number of likely N-dealkylation sites (tertiary alicyclic amines) is 1. The lowest BCUT2D eigenvalue weighted by molar-refractivity contribution is -0.146. The van der Waals surface area contributed by atoms with Gasteiger partial charge in [-0.15, -0.1) is 24.9 Å². The molecule has 0 aliphatic carbocycles. The molecule has 1 aromatic rings. The van der Waals surface area contributed by atoms with Gasteiger partial charge in [0.25, 0.3) is 0 Å². The van der Waals surface area contributed by atoms with Crippen LogP contribution in [0.3, 0.4) is 0 Å². The van der Waals surface area contributed by atoms with Crippen molar-refractivity contribution in [3.8, 4) is 0 Å². The van der Waals surface area contributed by atoms with E-state index in [0.29, 0.717) is 19.5 Å². The molecular weight excluding hydrogens is 498 g/mol. The molecule has 7 nitrogen and oxygen atoms in total. The minimum absolute atomic E-state index is 0.0546. The summed E-state index contributed by atoms with van der Waals surface area (Å²) in [4.78, 5) is 48.2. The zero-order valence-electron chi connectivity index (χ0n) is 23.0. The molecule has 4 rings (SSSR count). The fraction of sp³-hybridized carbons (Fsp3) is 0.567. The maximum Gasteiger partial charge on any atom is 0.247 e. The standard InChI is InChI=1S/C30H41N3O4S/c1-7-15-31(19(4)5)29(37)26-30-20(6)17-23(38-30)24(25(30)28(36)33(26)21(9-3)18-34)27(35)32(16-8-2)22-13-11-10-12-14-22/h7-8,10-14,19-21,23-26,34H,1-2,9,15-18H2,3-6H3/t20?,21-,23+,24-,25-,26?,30?/m0/s1. The Morgan fingerprint density at radius 3 is 2.39 bits per heavy atom. The van der Waals surface area contributed by atoms with Crippen LogP contribution in [0.4, 0.5) is 5.69 Å². The van der Waals surface area contributed by atoms with Crippen LogP contribution in [0.1, 0.15) is 40.5 Å². The fourth-order valence-corrected chi connectivity index (χ4v) is 9.31. The summed E-state index contributed by atoms with van der Waals surface area (Å²) in [5, 5.41) is 10.3. The molecule has 3 amide bonds. The summed E-state index contributed by atoms with van der Waals surface area (Å²) in [6, 6.07) is 8.15. The van der Waals surface area contributed by atoms with E-state index >= 15 is 0 Å². The number of carbonyl (C=O) groups is 3. The van der Waals surface area contributed by atoms with Gasteiger partial charge in [-0.1, -0.05) is 44.2 Å². The largest absolute Gasteiger partial charge is 0.394 e. The molecule has 0 aromatic heterocycles. The zero-order chi connectivity index (χ0) is 27.8. The Morgan fingerprint density at radius 2 is 1.84 bits per heavy atom. The van der Waals surface area contributed by atoms with E-state index in [4.69, 9.17) is 0 Å². The number of aliphatic hydroxyl groups is 1. The molecule has 8 heteroatoms. The molecule has 1 aromatic carbocycles. The lowest BCUT2D eigenvalue weighted by atomic mass is 9.65. The Balaban J connectivity index is 1.83. The minimum atomic E-state index is -0.744. The van der Waals surface area contributed by atoms with Crippen molar-refractivity contribution in [2.75, 3.05) is 24.6 Å². The average Bonchev–Trinajstić information content (AvgIpc) is 3.50. The second-order valence-corrected chi connectivity index (χ2v) is 12.5. The van der Waals surface area contributed by atoms with Crippen molar-refractivity contribution in [2.45, 2.75) is 68.7 Å². The first-order valence-electron chi connectivity index (χ1n) is 13.7. The van der Waals surface area contributed by atoms with Gasteiger partial charge in [-0.2, -0.15) is 0 Å². The van der Waals surface area contributed by atoms with E-state index < -0.39 is 28.7 Å². The molecule has 3 heterocycles. The third-order valence-corrected chi connectivity index (χ3v) is 10.7. The Morgan fingerprint density at radius 1 is 1.18 bits per heavy atom. The van der Waals surface area contributed by atoms with Gasteiger partial charge in [0.1, 0.15) is 6.04 Å². The van der Waals surface area contributed by atoms with E-state index in [1.165, 1.54) is 0 Å².